The number of amides is 1. The molecular weight excluding hydrogens is 500 g/mol. The lowest BCUT2D eigenvalue weighted by Gasteiger charge is -2.15. The second-order valence-corrected chi connectivity index (χ2v) is 10.1. The Kier molecular flexibility index (Phi) is 9.32. The van der Waals surface area contributed by atoms with Crippen molar-refractivity contribution in [1.29, 1.82) is 5.26 Å². The lowest BCUT2D eigenvalue weighted by molar-refractivity contribution is -0.112. The van der Waals surface area contributed by atoms with Crippen molar-refractivity contribution < 1.29 is 23.8 Å². The van der Waals surface area contributed by atoms with Crippen LogP contribution in [0.3, 0.4) is 0 Å². The fourth-order valence-corrected chi connectivity index (χ4v) is 5.17. The number of methoxy groups -OCH3 is 1. The van der Waals surface area contributed by atoms with Crippen LogP contribution >= 0.6 is 11.3 Å². The van der Waals surface area contributed by atoms with E-state index >= 15 is 0 Å². The van der Waals surface area contributed by atoms with Gasteiger partial charge < -0.3 is 19.5 Å². The van der Waals surface area contributed by atoms with Crippen LogP contribution in [0.5, 0.6) is 11.5 Å². The number of rotatable bonds is 9. The van der Waals surface area contributed by atoms with Crippen LogP contribution in [0.25, 0.3) is 6.08 Å². The average Bonchev–Trinajstić information content (AvgIpc) is 3.14. The summed E-state index contributed by atoms with van der Waals surface area (Å²) in [7, 11) is 1.54. The van der Waals surface area contributed by atoms with Gasteiger partial charge in [-0.15, -0.1) is 11.3 Å². The molecule has 0 saturated carbocycles. The normalized spacial score (nSPS) is 11.1. The Morgan fingerprint density at radius 3 is 2.34 bits per heavy atom. The predicted octanol–water partition coefficient (Wildman–Crippen LogP) is 6.60. The molecule has 0 aliphatic heterocycles. The maximum Gasteiger partial charge on any atom is 0.341 e. The van der Waals surface area contributed by atoms with Crippen molar-refractivity contribution in [1.82, 2.24) is 0 Å². The number of carbonyl (C=O) groups excluding carboxylic acids is 2. The maximum atomic E-state index is 13.0. The first-order chi connectivity index (χ1) is 18.1. The SMILES string of the molecule is CCOC(=O)c1c(NC(=O)/C(C#N)=C/c2ccc(OCc3c(C)cc(C)cc3C)c(OC)c2)sc(C)c1C. The highest BCUT2D eigenvalue weighted by atomic mass is 32.1. The molecule has 0 atom stereocenters. The Labute approximate surface area is 227 Å². The topological polar surface area (TPSA) is 97.7 Å². The van der Waals surface area contributed by atoms with Crippen LogP contribution < -0.4 is 14.8 Å². The second-order valence-electron chi connectivity index (χ2n) is 8.91. The molecule has 0 unspecified atom stereocenters. The number of nitrogens with one attached hydrogen (secondary N) is 1. The summed E-state index contributed by atoms with van der Waals surface area (Å²) in [6.45, 7) is 12.2. The monoisotopic (exact) mass is 532 g/mol. The molecule has 0 aliphatic carbocycles. The zero-order valence-electron chi connectivity index (χ0n) is 22.8. The number of benzene rings is 2. The highest BCUT2D eigenvalue weighted by Gasteiger charge is 2.23. The first kappa shape index (κ1) is 28.5. The van der Waals surface area contributed by atoms with E-state index in [1.54, 1.807) is 32.0 Å². The van der Waals surface area contributed by atoms with Gasteiger partial charge >= 0.3 is 5.97 Å². The van der Waals surface area contributed by atoms with Gasteiger partial charge in [0.05, 0.1) is 19.3 Å². The number of hydrogen-bond donors (Lipinski definition) is 1. The molecule has 0 fully saturated rings. The van der Waals surface area contributed by atoms with Crippen LogP contribution in [0.1, 0.15) is 55.5 Å². The van der Waals surface area contributed by atoms with Crippen LogP contribution in [0.4, 0.5) is 5.00 Å². The molecule has 0 saturated heterocycles. The summed E-state index contributed by atoms with van der Waals surface area (Å²) in [5, 5.41) is 12.8. The number of aryl methyl sites for hydroxylation is 4. The molecule has 2 aromatic carbocycles. The third kappa shape index (κ3) is 6.42. The van der Waals surface area contributed by atoms with Crippen LogP contribution in [-0.2, 0) is 16.1 Å². The van der Waals surface area contributed by atoms with Crippen molar-refractivity contribution in [2.75, 3.05) is 19.0 Å². The molecule has 1 heterocycles. The van der Waals surface area contributed by atoms with E-state index in [-0.39, 0.29) is 12.2 Å². The number of carbonyl (C=O) groups is 2. The Morgan fingerprint density at radius 1 is 1.05 bits per heavy atom. The first-order valence-electron chi connectivity index (χ1n) is 12.2. The summed E-state index contributed by atoms with van der Waals surface area (Å²) in [6.07, 6.45) is 1.47. The van der Waals surface area contributed by atoms with Gasteiger partial charge in [-0.2, -0.15) is 5.26 Å². The van der Waals surface area contributed by atoms with Gasteiger partial charge in [0, 0.05) is 4.88 Å². The molecule has 0 radical (unpaired) electrons. The van der Waals surface area contributed by atoms with Gasteiger partial charge in [-0.05, 0) is 87.6 Å². The summed E-state index contributed by atoms with van der Waals surface area (Å²) < 4.78 is 16.7. The van der Waals surface area contributed by atoms with Crippen molar-refractivity contribution >= 4 is 34.3 Å². The molecule has 0 bridgehead atoms. The van der Waals surface area contributed by atoms with Gasteiger partial charge in [0.15, 0.2) is 11.5 Å². The Hall–Kier alpha value is -4.09. The van der Waals surface area contributed by atoms with Crippen LogP contribution in [0.2, 0.25) is 0 Å². The zero-order valence-corrected chi connectivity index (χ0v) is 23.6. The molecule has 8 heteroatoms. The molecule has 3 aromatic rings. The van der Waals surface area contributed by atoms with Gasteiger partial charge in [-0.1, -0.05) is 23.8 Å². The molecule has 0 aliphatic rings. The molecule has 3 rings (SSSR count). The van der Waals surface area contributed by atoms with E-state index in [1.165, 1.54) is 30.1 Å². The Balaban J connectivity index is 1.82. The zero-order chi connectivity index (χ0) is 28.0. The number of nitriles is 1. The summed E-state index contributed by atoms with van der Waals surface area (Å²) in [5.74, 6) is -0.101. The summed E-state index contributed by atoms with van der Waals surface area (Å²) >= 11 is 1.27. The summed E-state index contributed by atoms with van der Waals surface area (Å²) in [6, 6.07) is 11.4. The fourth-order valence-electron chi connectivity index (χ4n) is 4.13. The molecule has 198 valence electrons. The smallest absolute Gasteiger partial charge is 0.341 e. The number of nitrogens with zero attached hydrogens (tertiary/aromatic N) is 1. The van der Waals surface area contributed by atoms with Gasteiger partial charge in [-0.3, -0.25) is 4.79 Å². The van der Waals surface area contributed by atoms with E-state index in [1.807, 2.05) is 13.0 Å². The number of hydrogen-bond acceptors (Lipinski definition) is 7. The lowest BCUT2D eigenvalue weighted by atomic mass is 10.0. The van der Waals surface area contributed by atoms with Crippen LogP contribution in [0.15, 0.2) is 35.9 Å². The minimum absolute atomic E-state index is 0.120. The molecule has 0 spiro atoms. The van der Waals surface area contributed by atoms with Gasteiger partial charge in [0.1, 0.15) is 23.3 Å². The molecule has 1 aromatic heterocycles. The third-order valence-electron chi connectivity index (χ3n) is 6.17. The quantitative estimate of drug-likeness (QED) is 0.189. The average molecular weight is 533 g/mol. The fraction of sp³-hybridized carbons (Fsp3) is 0.300. The molecule has 1 N–H and O–H groups in total. The second kappa shape index (κ2) is 12.4. The van der Waals surface area contributed by atoms with Gasteiger partial charge in [0.25, 0.3) is 5.91 Å². The summed E-state index contributed by atoms with van der Waals surface area (Å²) in [4.78, 5) is 26.3. The van der Waals surface area contributed by atoms with Crippen molar-refractivity contribution in [3.63, 3.8) is 0 Å². The molecule has 7 nitrogen and oxygen atoms in total. The van der Waals surface area contributed by atoms with Crippen molar-refractivity contribution in [2.45, 2.75) is 48.1 Å². The Morgan fingerprint density at radius 2 is 1.74 bits per heavy atom. The largest absolute Gasteiger partial charge is 0.493 e. The molecule has 38 heavy (non-hydrogen) atoms. The van der Waals surface area contributed by atoms with E-state index in [0.717, 1.165) is 27.1 Å². The lowest BCUT2D eigenvalue weighted by Crippen LogP contribution is -2.16. The van der Waals surface area contributed by atoms with Crippen LogP contribution in [0, 0.1) is 45.9 Å². The summed E-state index contributed by atoms with van der Waals surface area (Å²) in [5.41, 5.74) is 6.16. The minimum atomic E-state index is -0.621. The van der Waals surface area contributed by atoms with E-state index in [4.69, 9.17) is 14.2 Å². The van der Waals surface area contributed by atoms with E-state index < -0.39 is 11.9 Å². The molecular formula is C30H32N2O5S. The highest BCUT2D eigenvalue weighted by Crippen LogP contribution is 2.34. The van der Waals surface area contributed by atoms with E-state index in [9.17, 15) is 14.9 Å². The number of anilines is 1. The number of ether oxygens (including phenoxy) is 3. The maximum absolute atomic E-state index is 13.0. The van der Waals surface area contributed by atoms with Crippen LogP contribution in [-0.4, -0.2) is 25.6 Å². The van der Waals surface area contributed by atoms with Crippen molar-refractivity contribution in [3.8, 4) is 17.6 Å². The van der Waals surface area contributed by atoms with Crippen molar-refractivity contribution in [3.05, 3.63) is 79.7 Å². The standard InChI is InChI=1S/C30H32N2O5S/c1-8-36-30(34)27-20(5)21(6)38-29(27)32-28(33)23(15-31)13-22-9-10-25(26(14-22)35-7)37-16-24-18(3)11-17(2)12-19(24)4/h9-14H,8,16H2,1-7H3,(H,32,33)/b23-13+. The van der Waals surface area contributed by atoms with Gasteiger partial charge in [-0.25, -0.2) is 4.79 Å². The number of thiophene rings is 1. The molecule has 1 amide bonds. The van der Waals surface area contributed by atoms with E-state index in [2.05, 4.69) is 38.2 Å². The van der Waals surface area contributed by atoms with E-state index in [0.29, 0.717) is 34.2 Å². The van der Waals surface area contributed by atoms with Gasteiger partial charge in [0.2, 0.25) is 0 Å². The Bertz CT molecular complexity index is 1420. The first-order valence-corrected chi connectivity index (χ1v) is 13.0. The highest BCUT2D eigenvalue weighted by molar-refractivity contribution is 7.16. The predicted molar refractivity (Wildman–Crippen MR) is 150 cm³/mol. The number of esters is 1. The third-order valence-corrected chi connectivity index (χ3v) is 7.29. The van der Waals surface area contributed by atoms with Crippen molar-refractivity contribution in [2.24, 2.45) is 0 Å². The minimum Gasteiger partial charge on any atom is -0.493 e.